The van der Waals surface area contributed by atoms with Crippen molar-refractivity contribution in [3.05, 3.63) is 77.4 Å². The summed E-state index contributed by atoms with van der Waals surface area (Å²) in [7, 11) is 0. The molecule has 1 unspecified atom stereocenters. The van der Waals surface area contributed by atoms with Gasteiger partial charge in [-0.3, -0.25) is 0 Å². The summed E-state index contributed by atoms with van der Waals surface area (Å²) in [5.74, 6) is 0.747. The molecule has 0 saturated carbocycles. The van der Waals surface area contributed by atoms with Crippen LogP contribution in [-0.2, 0) is 4.74 Å². The highest BCUT2D eigenvalue weighted by atomic mass is 16.5. The number of nitrogens with zero attached hydrogens (tertiary/aromatic N) is 1. The van der Waals surface area contributed by atoms with Crippen LogP contribution >= 0.6 is 0 Å². The Bertz CT molecular complexity index is 705. The topological polar surface area (TPSA) is 33.6 Å². The number of hydrogen-bond acceptors (Lipinski definition) is 3. The predicted octanol–water partition coefficient (Wildman–Crippen LogP) is 4.20. The highest BCUT2D eigenvalue weighted by molar-refractivity contribution is 6.01. The zero-order valence-electron chi connectivity index (χ0n) is 13.6. The second kappa shape index (κ2) is 7.14. The normalized spacial score (nSPS) is 16.2. The van der Waals surface area contributed by atoms with E-state index >= 15 is 0 Å². The Balaban J connectivity index is 1.94. The fraction of sp³-hybridized carbons (Fsp3) is 0.250. The van der Waals surface area contributed by atoms with Crippen LogP contribution in [0.4, 0.5) is 0 Å². The Hall–Kier alpha value is -2.55. The molecular weight excluding hydrogens is 284 g/mol. The number of benzene rings is 2. The van der Waals surface area contributed by atoms with Gasteiger partial charge in [0.2, 0.25) is 5.90 Å². The van der Waals surface area contributed by atoms with Crippen LogP contribution in [0.15, 0.2) is 71.2 Å². The third-order valence-corrected chi connectivity index (χ3v) is 4.00. The van der Waals surface area contributed by atoms with Gasteiger partial charge in [-0.25, -0.2) is 4.99 Å². The average molecular weight is 306 g/mol. The molecule has 3 heteroatoms. The summed E-state index contributed by atoms with van der Waals surface area (Å²) in [5.41, 5.74) is 4.52. The van der Waals surface area contributed by atoms with Crippen LogP contribution in [0.25, 0.3) is 5.70 Å². The quantitative estimate of drug-likeness (QED) is 0.898. The first kappa shape index (κ1) is 15.3. The monoisotopic (exact) mass is 306 g/mol. The number of ether oxygens (including phenoxy) is 1. The van der Waals surface area contributed by atoms with E-state index in [4.69, 9.17) is 4.74 Å². The summed E-state index contributed by atoms with van der Waals surface area (Å²) in [6, 6.07) is 21.0. The van der Waals surface area contributed by atoms with Crippen molar-refractivity contribution in [3.63, 3.8) is 0 Å². The molecule has 1 aliphatic rings. The van der Waals surface area contributed by atoms with Gasteiger partial charge in [0.25, 0.3) is 0 Å². The maximum absolute atomic E-state index is 5.66. The lowest BCUT2D eigenvalue weighted by Crippen LogP contribution is -2.20. The Morgan fingerprint density at radius 1 is 1.04 bits per heavy atom. The lowest BCUT2D eigenvalue weighted by Gasteiger charge is -2.21. The first-order valence-corrected chi connectivity index (χ1v) is 8.01. The van der Waals surface area contributed by atoms with Gasteiger partial charge < -0.3 is 10.1 Å². The van der Waals surface area contributed by atoms with E-state index in [-0.39, 0.29) is 6.04 Å². The number of aliphatic imine (C=N–C) groups is 1. The van der Waals surface area contributed by atoms with E-state index in [9.17, 15) is 0 Å². The molecule has 1 atom stereocenters. The van der Waals surface area contributed by atoms with E-state index in [1.54, 1.807) is 0 Å². The van der Waals surface area contributed by atoms with Crippen molar-refractivity contribution < 1.29 is 4.74 Å². The lowest BCUT2D eigenvalue weighted by atomic mass is 10.0. The molecule has 1 N–H and O–H groups in total. The third-order valence-electron chi connectivity index (χ3n) is 4.00. The number of hydrogen-bond donors (Lipinski definition) is 1. The molecule has 0 spiro atoms. The Morgan fingerprint density at radius 3 is 2.30 bits per heavy atom. The molecule has 0 amide bonds. The molecule has 0 fully saturated rings. The summed E-state index contributed by atoms with van der Waals surface area (Å²) in [5, 5.41) is 3.64. The van der Waals surface area contributed by atoms with Crippen LogP contribution in [0.2, 0.25) is 0 Å². The smallest absolute Gasteiger partial charge is 0.213 e. The molecule has 0 bridgehead atoms. The van der Waals surface area contributed by atoms with E-state index in [0.29, 0.717) is 6.61 Å². The Kier molecular flexibility index (Phi) is 4.77. The fourth-order valence-corrected chi connectivity index (χ4v) is 2.72. The van der Waals surface area contributed by atoms with Gasteiger partial charge in [-0.2, -0.15) is 0 Å². The summed E-state index contributed by atoms with van der Waals surface area (Å²) in [6.45, 7) is 5.64. The lowest BCUT2D eigenvalue weighted by molar-refractivity contribution is 0.347. The molecule has 118 valence electrons. The van der Waals surface area contributed by atoms with Gasteiger partial charge in [0, 0.05) is 11.6 Å². The van der Waals surface area contributed by atoms with Crippen molar-refractivity contribution in [2.45, 2.75) is 19.9 Å². The molecule has 0 aromatic heterocycles. The van der Waals surface area contributed by atoms with Crippen molar-refractivity contribution in [2.75, 3.05) is 13.2 Å². The van der Waals surface area contributed by atoms with Crippen LogP contribution in [0.5, 0.6) is 0 Å². The molecule has 1 aliphatic heterocycles. The van der Waals surface area contributed by atoms with Gasteiger partial charge in [-0.15, -0.1) is 0 Å². The van der Waals surface area contributed by atoms with Gasteiger partial charge in [0.15, 0.2) is 0 Å². The highest BCUT2D eigenvalue weighted by Crippen LogP contribution is 2.23. The first-order valence-electron chi connectivity index (χ1n) is 8.01. The predicted molar refractivity (Wildman–Crippen MR) is 95.3 cm³/mol. The summed E-state index contributed by atoms with van der Waals surface area (Å²) in [4.78, 5) is 4.46. The fourth-order valence-electron chi connectivity index (χ4n) is 2.72. The molecule has 0 radical (unpaired) electrons. The Morgan fingerprint density at radius 2 is 1.70 bits per heavy atom. The number of rotatable bonds is 5. The first-order chi connectivity index (χ1) is 11.3. The minimum Gasteiger partial charge on any atom is -0.476 e. The standard InChI is InChI=1S/C20H22N2O/c1-15(20-21-13-14-23-20)19(18-11-7-4-8-12-18)22-16(2)17-9-5-3-6-10-17/h3-12,16,22H,13-14H2,1-2H3/b19-15-. The summed E-state index contributed by atoms with van der Waals surface area (Å²) in [6.07, 6.45) is 0. The highest BCUT2D eigenvalue weighted by Gasteiger charge is 2.17. The molecule has 0 aliphatic carbocycles. The van der Waals surface area contributed by atoms with Gasteiger partial charge in [0.05, 0.1) is 12.2 Å². The average Bonchev–Trinajstić information content (AvgIpc) is 3.15. The van der Waals surface area contributed by atoms with Crippen molar-refractivity contribution in [2.24, 2.45) is 4.99 Å². The van der Waals surface area contributed by atoms with Crippen LogP contribution in [0.1, 0.15) is 31.0 Å². The largest absolute Gasteiger partial charge is 0.476 e. The van der Waals surface area contributed by atoms with Crippen molar-refractivity contribution in [1.29, 1.82) is 0 Å². The van der Waals surface area contributed by atoms with Gasteiger partial charge >= 0.3 is 0 Å². The van der Waals surface area contributed by atoms with Crippen LogP contribution in [0, 0.1) is 0 Å². The maximum Gasteiger partial charge on any atom is 0.213 e. The molecule has 23 heavy (non-hydrogen) atoms. The van der Waals surface area contributed by atoms with E-state index in [2.05, 4.69) is 72.7 Å². The summed E-state index contributed by atoms with van der Waals surface area (Å²) < 4.78 is 5.66. The SMILES string of the molecule is C/C(C1=NCCO1)=C(/NC(C)c1ccccc1)c1ccccc1. The second-order valence-electron chi connectivity index (χ2n) is 5.68. The van der Waals surface area contributed by atoms with Crippen LogP contribution in [-0.4, -0.2) is 19.0 Å². The van der Waals surface area contributed by atoms with Gasteiger partial charge in [-0.05, 0) is 25.0 Å². The zero-order chi connectivity index (χ0) is 16.1. The van der Waals surface area contributed by atoms with E-state index < -0.39 is 0 Å². The van der Waals surface area contributed by atoms with E-state index in [0.717, 1.165) is 29.3 Å². The second-order valence-corrected chi connectivity index (χ2v) is 5.68. The van der Waals surface area contributed by atoms with Gasteiger partial charge in [0.1, 0.15) is 6.61 Å². The minimum atomic E-state index is 0.198. The number of nitrogens with one attached hydrogen (secondary N) is 1. The molecule has 2 aromatic carbocycles. The maximum atomic E-state index is 5.66. The van der Waals surface area contributed by atoms with Crippen molar-refractivity contribution in [3.8, 4) is 0 Å². The molecule has 0 saturated heterocycles. The van der Waals surface area contributed by atoms with Crippen LogP contribution < -0.4 is 5.32 Å². The zero-order valence-corrected chi connectivity index (χ0v) is 13.6. The third kappa shape index (κ3) is 3.62. The molecule has 3 nitrogen and oxygen atoms in total. The molecule has 2 aromatic rings. The molecule has 1 heterocycles. The van der Waals surface area contributed by atoms with Gasteiger partial charge in [-0.1, -0.05) is 60.7 Å². The molecule has 3 rings (SSSR count). The van der Waals surface area contributed by atoms with E-state index in [1.165, 1.54) is 5.56 Å². The van der Waals surface area contributed by atoms with E-state index in [1.807, 2.05) is 12.1 Å². The Labute approximate surface area is 137 Å². The van der Waals surface area contributed by atoms with Crippen molar-refractivity contribution >= 4 is 11.6 Å². The van der Waals surface area contributed by atoms with Crippen LogP contribution in [0.3, 0.4) is 0 Å². The summed E-state index contributed by atoms with van der Waals surface area (Å²) >= 11 is 0. The minimum absolute atomic E-state index is 0.198. The van der Waals surface area contributed by atoms with Crippen molar-refractivity contribution in [1.82, 2.24) is 5.32 Å². The molecular formula is C20H22N2O.